The molecule has 0 aliphatic carbocycles. The highest BCUT2D eigenvalue weighted by Gasteiger charge is 2.05. The average molecular weight is 213 g/mol. The number of furan rings is 1. The monoisotopic (exact) mass is 213 g/mol. The van der Waals surface area contributed by atoms with Gasteiger partial charge in [-0.15, -0.1) is 0 Å². The first kappa shape index (κ1) is 10.7. The van der Waals surface area contributed by atoms with E-state index >= 15 is 0 Å². The standard InChI is InChI=1S/C12H9NO.C2H6/c1-8-4-5-11-10(7-8)9-3-2-6-13-12(9)14-11;1-2/h2-7H,1H3;1-2H3. The predicted octanol–water partition coefficient (Wildman–Crippen LogP) is 4.32. The zero-order valence-corrected chi connectivity index (χ0v) is 9.82. The fraction of sp³-hybridized carbons (Fsp3) is 0.214. The van der Waals surface area contributed by atoms with E-state index in [0.717, 1.165) is 16.4 Å². The Balaban J connectivity index is 0.000000457. The lowest BCUT2D eigenvalue weighted by Gasteiger charge is -1.90. The van der Waals surface area contributed by atoms with E-state index in [2.05, 4.69) is 18.0 Å². The maximum absolute atomic E-state index is 5.60. The fourth-order valence-electron chi connectivity index (χ4n) is 1.72. The Labute approximate surface area is 94.9 Å². The van der Waals surface area contributed by atoms with Gasteiger partial charge in [0, 0.05) is 17.0 Å². The molecule has 2 aromatic heterocycles. The molecule has 0 bridgehead atoms. The second kappa shape index (κ2) is 4.35. The van der Waals surface area contributed by atoms with Crippen molar-refractivity contribution in [2.24, 2.45) is 0 Å². The molecule has 2 heterocycles. The number of rotatable bonds is 0. The second-order valence-electron chi connectivity index (χ2n) is 3.46. The maximum Gasteiger partial charge on any atom is 0.227 e. The van der Waals surface area contributed by atoms with Crippen LogP contribution in [-0.4, -0.2) is 4.98 Å². The number of aryl methyl sites for hydroxylation is 1. The molecule has 0 aliphatic rings. The minimum absolute atomic E-state index is 0.716. The van der Waals surface area contributed by atoms with Crippen LogP contribution >= 0.6 is 0 Å². The van der Waals surface area contributed by atoms with Crippen LogP contribution in [0.5, 0.6) is 0 Å². The third-order valence-corrected chi connectivity index (χ3v) is 2.40. The lowest BCUT2D eigenvalue weighted by atomic mass is 10.1. The lowest BCUT2D eigenvalue weighted by molar-refractivity contribution is 0.654. The van der Waals surface area contributed by atoms with Gasteiger partial charge in [0.15, 0.2) is 0 Å². The SMILES string of the molecule is CC.Cc1ccc2oc3ncccc3c2c1. The molecule has 0 saturated carbocycles. The minimum Gasteiger partial charge on any atom is -0.438 e. The van der Waals surface area contributed by atoms with E-state index in [4.69, 9.17) is 4.42 Å². The Bertz CT molecular complexity index is 610. The molecule has 0 fully saturated rings. The smallest absolute Gasteiger partial charge is 0.227 e. The van der Waals surface area contributed by atoms with Gasteiger partial charge in [0.1, 0.15) is 5.58 Å². The van der Waals surface area contributed by atoms with Gasteiger partial charge in [0.25, 0.3) is 0 Å². The summed E-state index contributed by atoms with van der Waals surface area (Å²) in [7, 11) is 0. The highest BCUT2D eigenvalue weighted by atomic mass is 16.3. The Kier molecular flexibility index (Phi) is 2.91. The van der Waals surface area contributed by atoms with Crippen LogP contribution in [0, 0.1) is 6.92 Å². The summed E-state index contributed by atoms with van der Waals surface area (Å²) in [6.45, 7) is 6.08. The number of benzene rings is 1. The third-order valence-electron chi connectivity index (χ3n) is 2.40. The van der Waals surface area contributed by atoms with E-state index in [9.17, 15) is 0 Å². The molecule has 0 spiro atoms. The van der Waals surface area contributed by atoms with Crippen molar-refractivity contribution in [1.82, 2.24) is 4.98 Å². The van der Waals surface area contributed by atoms with Crippen LogP contribution in [-0.2, 0) is 0 Å². The molecule has 0 aliphatic heterocycles. The van der Waals surface area contributed by atoms with Crippen LogP contribution in [0.3, 0.4) is 0 Å². The first-order valence-corrected chi connectivity index (χ1v) is 5.58. The van der Waals surface area contributed by atoms with Crippen LogP contribution in [0.2, 0.25) is 0 Å². The Morgan fingerprint density at radius 1 is 1.06 bits per heavy atom. The molecule has 1 aromatic carbocycles. The van der Waals surface area contributed by atoms with Crippen molar-refractivity contribution in [3.05, 3.63) is 42.1 Å². The maximum atomic E-state index is 5.60. The van der Waals surface area contributed by atoms with E-state index in [0.29, 0.717) is 5.71 Å². The Morgan fingerprint density at radius 2 is 1.88 bits per heavy atom. The van der Waals surface area contributed by atoms with Crippen LogP contribution < -0.4 is 0 Å². The summed E-state index contributed by atoms with van der Waals surface area (Å²) >= 11 is 0. The lowest BCUT2D eigenvalue weighted by Crippen LogP contribution is -1.71. The molecule has 16 heavy (non-hydrogen) atoms. The van der Waals surface area contributed by atoms with E-state index in [1.165, 1.54) is 5.56 Å². The van der Waals surface area contributed by atoms with E-state index in [1.54, 1.807) is 6.20 Å². The number of fused-ring (bicyclic) bond motifs is 3. The van der Waals surface area contributed by atoms with Crippen molar-refractivity contribution >= 4 is 22.1 Å². The largest absolute Gasteiger partial charge is 0.438 e. The topological polar surface area (TPSA) is 26.0 Å². The van der Waals surface area contributed by atoms with Crippen molar-refractivity contribution in [2.75, 3.05) is 0 Å². The first-order valence-electron chi connectivity index (χ1n) is 5.58. The summed E-state index contributed by atoms with van der Waals surface area (Å²) in [5.74, 6) is 0. The Morgan fingerprint density at radius 3 is 2.69 bits per heavy atom. The molecule has 0 atom stereocenters. The predicted molar refractivity (Wildman–Crippen MR) is 67.6 cm³/mol. The summed E-state index contributed by atoms with van der Waals surface area (Å²) < 4.78 is 5.60. The average Bonchev–Trinajstić information content (AvgIpc) is 2.70. The molecule has 2 heteroatoms. The molecule has 3 rings (SSSR count). The molecule has 0 radical (unpaired) electrons. The van der Waals surface area contributed by atoms with Gasteiger partial charge in [-0.3, -0.25) is 0 Å². The molecule has 0 N–H and O–H groups in total. The molecular formula is C14H15NO. The van der Waals surface area contributed by atoms with E-state index in [1.807, 2.05) is 38.1 Å². The second-order valence-corrected chi connectivity index (χ2v) is 3.46. The number of nitrogens with zero attached hydrogens (tertiary/aromatic N) is 1. The quantitative estimate of drug-likeness (QED) is 0.556. The van der Waals surface area contributed by atoms with Crippen molar-refractivity contribution in [3.63, 3.8) is 0 Å². The highest BCUT2D eigenvalue weighted by Crippen LogP contribution is 2.27. The van der Waals surface area contributed by atoms with Crippen LogP contribution in [0.25, 0.3) is 22.1 Å². The van der Waals surface area contributed by atoms with Crippen molar-refractivity contribution < 1.29 is 4.42 Å². The normalized spacial score (nSPS) is 10.2. The summed E-state index contributed by atoms with van der Waals surface area (Å²) in [5, 5.41) is 2.24. The van der Waals surface area contributed by atoms with Gasteiger partial charge >= 0.3 is 0 Å². The van der Waals surface area contributed by atoms with Gasteiger partial charge in [-0.2, -0.15) is 0 Å². The molecule has 82 valence electrons. The van der Waals surface area contributed by atoms with E-state index in [-0.39, 0.29) is 0 Å². The number of pyridine rings is 1. The van der Waals surface area contributed by atoms with Crippen LogP contribution in [0.4, 0.5) is 0 Å². The van der Waals surface area contributed by atoms with Gasteiger partial charge in [-0.1, -0.05) is 25.5 Å². The number of aromatic nitrogens is 1. The number of hydrogen-bond donors (Lipinski definition) is 0. The Hall–Kier alpha value is -1.83. The molecule has 0 saturated heterocycles. The van der Waals surface area contributed by atoms with Gasteiger partial charge in [0.2, 0.25) is 5.71 Å². The first-order chi connectivity index (χ1) is 7.84. The fourth-order valence-corrected chi connectivity index (χ4v) is 1.72. The summed E-state index contributed by atoms with van der Waals surface area (Å²) in [4.78, 5) is 4.18. The van der Waals surface area contributed by atoms with Crippen molar-refractivity contribution in [2.45, 2.75) is 20.8 Å². The van der Waals surface area contributed by atoms with Crippen LogP contribution in [0.1, 0.15) is 19.4 Å². The number of hydrogen-bond acceptors (Lipinski definition) is 2. The van der Waals surface area contributed by atoms with Gasteiger partial charge in [-0.25, -0.2) is 4.98 Å². The van der Waals surface area contributed by atoms with Crippen LogP contribution in [0.15, 0.2) is 40.9 Å². The molecule has 0 unspecified atom stereocenters. The zero-order chi connectivity index (χ0) is 11.5. The molecule has 3 aromatic rings. The van der Waals surface area contributed by atoms with Crippen molar-refractivity contribution in [3.8, 4) is 0 Å². The van der Waals surface area contributed by atoms with Crippen molar-refractivity contribution in [1.29, 1.82) is 0 Å². The summed E-state index contributed by atoms with van der Waals surface area (Å²) in [5.41, 5.74) is 2.86. The molecular weight excluding hydrogens is 198 g/mol. The third kappa shape index (κ3) is 1.67. The molecule has 0 amide bonds. The zero-order valence-electron chi connectivity index (χ0n) is 9.82. The minimum atomic E-state index is 0.716. The van der Waals surface area contributed by atoms with E-state index < -0.39 is 0 Å². The van der Waals surface area contributed by atoms with Gasteiger partial charge in [-0.05, 0) is 31.2 Å². The summed E-state index contributed by atoms with van der Waals surface area (Å²) in [6, 6.07) is 10.1. The molecule has 2 nitrogen and oxygen atoms in total. The van der Waals surface area contributed by atoms with Gasteiger partial charge in [0.05, 0.1) is 0 Å². The summed E-state index contributed by atoms with van der Waals surface area (Å²) in [6.07, 6.45) is 1.75. The highest BCUT2D eigenvalue weighted by molar-refractivity contribution is 6.03. The van der Waals surface area contributed by atoms with Gasteiger partial charge < -0.3 is 4.42 Å².